The van der Waals surface area contributed by atoms with Crippen molar-refractivity contribution in [2.45, 2.75) is 25.9 Å². The number of imidazole rings is 1. The lowest BCUT2D eigenvalue weighted by atomic mass is 10.2. The summed E-state index contributed by atoms with van der Waals surface area (Å²) in [4.78, 5) is 4.17. The number of hydrogen-bond acceptors (Lipinski definition) is 2. The van der Waals surface area contributed by atoms with E-state index in [0.29, 0.717) is 11.6 Å². The Morgan fingerprint density at radius 2 is 1.90 bits per heavy atom. The van der Waals surface area contributed by atoms with Crippen molar-refractivity contribution in [2.24, 2.45) is 0 Å². The molecule has 0 aliphatic heterocycles. The third kappa shape index (κ3) is 3.31. The van der Waals surface area contributed by atoms with E-state index >= 15 is 0 Å². The quantitative estimate of drug-likeness (QED) is 0.837. The number of aromatic nitrogens is 2. The fraction of sp³-hybridized carbons (Fsp3) is 0.357. The van der Waals surface area contributed by atoms with Crippen molar-refractivity contribution in [1.82, 2.24) is 9.55 Å². The topological polar surface area (TPSA) is 29.9 Å². The molecule has 20 heavy (non-hydrogen) atoms. The monoisotopic (exact) mass is 283 g/mol. The first kappa shape index (κ1) is 14.4. The van der Waals surface area contributed by atoms with Crippen molar-refractivity contribution in [2.75, 3.05) is 11.9 Å². The third-order valence-corrected chi connectivity index (χ3v) is 2.93. The number of alkyl halides is 3. The summed E-state index contributed by atoms with van der Waals surface area (Å²) < 4.78 is 39.3. The van der Waals surface area contributed by atoms with Crippen LogP contribution in [0.1, 0.15) is 25.3 Å². The minimum Gasteiger partial charge on any atom is -0.355 e. The number of nitrogens with one attached hydrogen (secondary N) is 1. The summed E-state index contributed by atoms with van der Waals surface area (Å²) in [6.45, 7) is 2.87. The average Bonchev–Trinajstić information content (AvgIpc) is 2.87. The second kappa shape index (κ2) is 5.98. The van der Waals surface area contributed by atoms with E-state index in [-0.39, 0.29) is 0 Å². The molecule has 2 aromatic rings. The molecule has 1 aromatic carbocycles. The molecular formula is C14H16F3N3. The largest absolute Gasteiger partial charge is 0.416 e. The van der Waals surface area contributed by atoms with E-state index in [9.17, 15) is 13.2 Å². The number of nitrogens with zero attached hydrogens (tertiary/aromatic N) is 2. The summed E-state index contributed by atoms with van der Waals surface area (Å²) in [5.74, 6) is 0.637. The Bertz CT molecular complexity index is 544. The molecule has 1 aromatic heterocycles. The minimum atomic E-state index is -4.31. The predicted molar refractivity (Wildman–Crippen MR) is 72.0 cm³/mol. The zero-order valence-corrected chi connectivity index (χ0v) is 11.1. The van der Waals surface area contributed by atoms with Crippen LogP contribution in [0.15, 0.2) is 36.7 Å². The summed E-state index contributed by atoms with van der Waals surface area (Å²) in [6, 6.07) is 5.03. The highest BCUT2D eigenvalue weighted by Crippen LogP contribution is 2.29. The molecular weight excluding hydrogens is 267 g/mol. The molecule has 0 bridgehead atoms. The van der Waals surface area contributed by atoms with E-state index in [0.717, 1.165) is 31.5 Å². The van der Waals surface area contributed by atoms with Crippen LogP contribution in [0.2, 0.25) is 0 Å². The molecule has 0 atom stereocenters. The van der Waals surface area contributed by atoms with E-state index in [2.05, 4.69) is 17.2 Å². The van der Waals surface area contributed by atoms with Crippen molar-refractivity contribution in [3.05, 3.63) is 42.2 Å². The van der Waals surface area contributed by atoms with Gasteiger partial charge in [0, 0.05) is 24.6 Å². The minimum absolute atomic E-state index is 0.637. The zero-order chi connectivity index (χ0) is 14.6. The van der Waals surface area contributed by atoms with Gasteiger partial charge in [-0.3, -0.25) is 4.57 Å². The number of anilines is 1. The highest BCUT2D eigenvalue weighted by molar-refractivity contribution is 5.43. The Kier molecular flexibility index (Phi) is 4.32. The molecule has 0 radical (unpaired) electrons. The van der Waals surface area contributed by atoms with Crippen molar-refractivity contribution in [3.63, 3.8) is 0 Å². The summed E-state index contributed by atoms with van der Waals surface area (Å²) in [7, 11) is 0. The lowest BCUT2D eigenvalue weighted by Crippen LogP contribution is -2.08. The molecule has 1 heterocycles. The van der Waals surface area contributed by atoms with Crippen molar-refractivity contribution >= 4 is 5.95 Å². The van der Waals surface area contributed by atoms with Gasteiger partial charge in [-0.2, -0.15) is 13.2 Å². The Hall–Kier alpha value is -1.98. The number of rotatable bonds is 5. The number of unbranched alkanes of at least 4 members (excludes halogenated alkanes) is 1. The number of hydrogen-bond donors (Lipinski definition) is 1. The molecule has 0 saturated carbocycles. The molecule has 0 aliphatic rings. The molecule has 6 heteroatoms. The van der Waals surface area contributed by atoms with Gasteiger partial charge in [0.25, 0.3) is 0 Å². The lowest BCUT2D eigenvalue weighted by Gasteiger charge is -2.11. The Labute approximate surface area is 115 Å². The summed E-state index contributed by atoms with van der Waals surface area (Å²) in [6.07, 6.45) is 1.10. The van der Waals surface area contributed by atoms with Crippen molar-refractivity contribution < 1.29 is 13.2 Å². The standard InChI is InChI=1S/C14H16F3N3/c1-2-3-8-18-13-19-9-10-20(13)12-6-4-11(5-7-12)14(15,16)17/h4-7,9-10H,2-3,8H2,1H3,(H,18,19). The molecule has 0 saturated heterocycles. The van der Waals surface area contributed by atoms with Crippen molar-refractivity contribution in [1.29, 1.82) is 0 Å². The van der Waals surface area contributed by atoms with E-state index in [1.165, 1.54) is 12.1 Å². The van der Waals surface area contributed by atoms with Gasteiger partial charge in [0.05, 0.1) is 5.56 Å². The van der Waals surface area contributed by atoms with Crippen LogP contribution >= 0.6 is 0 Å². The van der Waals surface area contributed by atoms with Gasteiger partial charge in [0.15, 0.2) is 0 Å². The maximum atomic E-state index is 12.5. The van der Waals surface area contributed by atoms with Crippen LogP contribution in [0.5, 0.6) is 0 Å². The molecule has 1 N–H and O–H groups in total. The molecule has 0 unspecified atom stereocenters. The van der Waals surface area contributed by atoms with Gasteiger partial charge < -0.3 is 5.32 Å². The summed E-state index contributed by atoms with van der Waals surface area (Å²) in [5.41, 5.74) is -0.00337. The molecule has 0 fully saturated rings. The second-order valence-corrected chi connectivity index (χ2v) is 4.45. The first-order valence-electron chi connectivity index (χ1n) is 6.47. The van der Waals surface area contributed by atoms with Gasteiger partial charge in [0.2, 0.25) is 5.95 Å². The Morgan fingerprint density at radius 1 is 1.20 bits per heavy atom. The first-order chi connectivity index (χ1) is 9.52. The van der Waals surface area contributed by atoms with Gasteiger partial charge in [-0.05, 0) is 30.7 Å². The van der Waals surface area contributed by atoms with Crippen LogP contribution in [-0.2, 0) is 6.18 Å². The maximum Gasteiger partial charge on any atom is 0.416 e. The van der Waals surface area contributed by atoms with E-state index in [1.807, 2.05) is 0 Å². The zero-order valence-electron chi connectivity index (χ0n) is 11.1. The highest BCUT2D eigenvalue weighted by Gasteiger charge is 2.30. The molecule has 2 rings (SSSR count). The summed E-state index contributed by atoms with van der Waals surface area (Å²) >= 11 is 0. The maximum absolute atomic E-state index is 12.5. The van der Waals surface area contributed by atoms with Crippen LogP contribution in [-0.4, -0.2) is 16.1 Å². The van der Waals surface area contributed by atoms with Gasteiger partial charge >= 0.3 is 6.18 Å². The third-order valence-electron chi connectivity index (χ3n) is 2.93. The van der Waals surface area contributed by atoms with Crippen LogP contribution in [0.4, 0.5) is 19.1 Å². The van der Waals surface area contributed by atoms with Crippen LogP contribution in [0.25, 0.3) is 5.69 Å². The molecule has 108 valence electrons. The van der Waals surface area contributed by atoms with E-state index in [1.54, 1.807) is 17.0 Å². The molecule has 0 amide bonds. The van der Waals surface area contributed by atoms with Crippen LogP contribution in [0, 0.1) is 0 Å². The van der Waals surface area contributed by atoms with E-state index in [4.69, 9.17) is 0 Å². The Morgan fingerprint density at radius 3 is 2.50 bits per heavy atom. The normalized spacial score (nSPS) is 11.6. The van der Waals surface area contributed by atoms with Gasteiger partial charge in [-0.1, -0.05) is 13.3 Å². The van der Waals surface area contributed by atoms with E-state index < -0.39 is 11.7 Å². The fourth-order valence-electron chi connectivity index (χ4n) is 1.83. The lowest BCUT2D eigenvalue weighted by molar-refractivity contribution is -0.137. The van der Waals surface area contributed by atoms with Gasteiger partial charge in [-0.25, -0.2) is 4.98 Å². The van der Waals surface area contributed by atoms with Gasteiger partial charge in [-0.15, -0.1) is 0 Å². The number of benzene rings is 1. The fourth-order valence-corrected chi connectivity index (χ4v) is 1.83. The number of halogens is 3. The van der Waals surface area contributed by atoms with Crippen LogP contribution in [0.3, 0.4) is 0 Å². The van der Waals surface area contributed by atoms with Gasteiger partial charge in [0.1, 0.15) is 0 Å². The summed E-state index contributed by atoms with van der Waals surface area (Å²) in [5, 5.41) is 3.17. The van der Waals surface area contributed by atoms with Crippen LogP contribution < -0.4 is 5.32 Å². The molecule has 0 aliphatic carbocycles. The molecule has 0 spiro atoms. The second-order valence-electron chi connectivity index (χ2n) is 4.45. The highest BCUT2D eigenvalue weighted by atomic mass is 19.4. The first-order valence-corrected chi connectivity index (χ1v) is 6.47. The predicted octanol–water partition coefficient (Wildman–Crippen LogP) is 4.10. The smallest absolute Gasteiger partial charge is 0.355 e. The average molecular weight is 283 g/mol. The SMILES string of the molecule is CCCCNc1nccn1-c1ccc(C(F)(F)F)cc1. The molecule has 3 nitrogen and oxygen atoms in total. The Balaban J connectivity index is 2.18. The van der Waals surface area contributed by atoms with Crippen molar-refractivity contribution in [3.8, 4) is 5.69 Å².